The molecule has 0 amide bonds. The Morgan fingerprint density at radius 2 is 1.81 bits per heavy atom. The van der Waals surface area contributed by atoms with E-state index in [0.29, 0.717) is 11.9 Å². The van der Waals surface area contributed by atoms with Gasteiger partial charge >= 0.3 is 6.01 Å². The highest BCUT2D eigenvalue weighted by Gasteiger charge is 2.22. The first-order valence-corrected chi connectivity index (χ1v) is 7.63. The maximum absolute atomic E-state index is 10.2. The lowest BCUT2D eigenvalue weighted by Gasteiger charge is -2.22. The Bertz CT molecular complexity index is 455. The SMILES string of the molecule is CNc1nc(NC2CCCCCC2O)nc(OC(C)C)n1. The molecule has 0 saturated heterocycles. The van der Waals surface area contributed by atoms with Crippen LogP contribution in [0, 0.1) is 0 Å². The molecule has 3 N–H and O–H groups in total. The van der Waals surface area contributed by atoms with E-state index >= 15 is 0 Å². The van der Waals surface area contributed by atoms with Crippen molar-refractivity contribution in [3.8, 4) is 6.01 Å². The second kappa shape index (κ2) is 7.40. The average Bonchev–Trinajstić information content (AvgIpc) is 2.63. The van der Waals surface area contributed by atoms with Gasteiger partial charge < -0.3 is 20.5 Å². The first-order chi connectivity index (χ1) is 10.1. The summed E-state index contributed by atoms with van der Waals surface area (Å²) in [6, 6.07) is 0.265. The summed E-state index contributed by atoms with van der Waals surface area (Å²) in [6.45, 7) is 3.84. The summed E-state index contributed by atoms with van der Waals surface area (Å²) in [5.74, 6) is 0.891. The van der Waals surface area contributed by atoms with E-state index in [1.807, 2.05) is 13.8 Å². The number of hydrogen-bond acceptors (Lipinski definition) is 7. The van der Waals surface area contributed by atoms with Crippen LogP contribution in [0.3, 0.4) is 0 Å². The number of aliphatic hydroxyl groups excluding tert-OH is 1. The predicted molar refractivity (Wildman–Crippen MR) is 81.6 cm³/mol. The van der Waals surface area contributed by atoms with Crippen molar-refractivity contribution >= 4 is 11.9 Å². The zero-order chi connectivity index (χ0) is 15.2. The molecule has 0 bridgehead atoms. The molecule has 118 valence electrons. The van der Waals surface area contributed by atoms with Gasteiger partial charge in [0.1, 0.15) is 0 Å². The lowest BCUT2D eigenvalue weighted by Crippen LogP contribution is -2.33. The molecule has 1 fully saturated rings. The molecule has 21 heavy (non-hydrogen) atoms. The molecule has 0 aromatic carbocycles. The minimum Gasteiger partial charge on any atom is -0.461 e. The molecular formula is C14H25N5O2. The fraction of sp³-hybridized carbons (Fsp3) is 0.786. The summed E-state index contributed by atoms with van der Waals surface area (Å²) in [4.78, 5) is 12.7. The number of anilines is 2. The molecule has 0 spiro atoms. The topological polar surface area (TPSA) is 92.2 Å². The minimum atomic E-state index is -0.364. The van der Waals surface area contributed by atoms with Crippen LogP contribution >= 0.6 is 0 Å². The molecule has 1 heterocycles. The van der Waals surface area contributed by atoms with E-state index in [1.165, 1.54) is 0 Å². The van der Waals surface area contributed by atoms with E-state index in [2.05, 4.69) is 25.6 Å². The van der Waals surface area contributed by atoms with Crippen molar-refractivity contribution in [2.24, 2.45) is 0 Å². The van der Waals surface area contributed by atoms with Crippen molar-refractivity contribution in [3.63, 3.8) is 0 Å². The van der Waals surface area contributed by atoms with Gasteiger partial charge in [-0.05, 0) is 26.7 Å². The van der Waals surface area contributed by atoms with Gasteiger partial charge in [0.05, 0.1) is 18.2 Å². The lowest BCUT2D eigenvalue weighted by molar-refractivity contribution is 0.144. The van der Waals surface area contributed by atoms with Gasteiger partial charge in [-0.15, -0.1) is 0 Å². The third-order valence-electron chi connectivity index (χ3n) is 3.47. The van der Waals surface area contributed by atoms with Gasteiger partial charge in [0, 0.05) is 7.05 Å². The van der Waals surface area contributed by atoms with Crippen LogP contribution < -0.4 is 15.4 Å². The average molecular weight is 295 g/mol. The molecule has 7 nitrogen and oxygen atoms in total. The van der Waals surface area contributed by atoms with Gasteiger partial charge in [0.25, 0.3) is 0 Å². The van der Waals surface area contributed by atoms with Crippen molar-refractivity contribution in [1.82, 2.24) is 15.0 Å². The van der Waals surface area contributed by atoms with Crippen LogP contribution in [-0.2, 0) is 0 Å². The molecule has 2 unspecified atom stereocenters. The number of aromatic nitrogens is 3. The van der Waals surface area contributed by atoms with Gasteiger partial charge in [-0.3, -0.25) is 0 Å². The van der Waals surface area contributed by atoms with Crippen molar-refractivity contribution in [1.29, 1.82) is 0 Å². The quantitative estimate of drug-likeness (QED) is 0.713. The van der Waals surface area contributed by atoms with Crippen LogP contribution in [0.15, 0.2) is 0 Å². The van der Waals surface area contributed by atoms with Crippen LogP contribution in [0.1, 0.15) is 46.0 Å². The molecule has 7 heteroatoms. The van der Waals surface area contributed by atoms with E-state index in [-0.39, 0.29) is 24.3 Å². The normalized spacial score (nSPS) is 22.7. The van der Waals surface area contributed by atoms with Crippen LogP contribution in [0.4, 0.5) is 11.9 Å². The smallest absolute Gasteiger partial charge is 0.323 e. The fourth-order valence-corrected chi connectivity index (χ4v) is 2.42. The summed E-state index contributed by atoms with van der Waals surface area (Å²) in [6.07, 6.45) is 4.70. The highest BCUT2D eigenvalue weighted by molar-refractivity contribution is 5.36. The maximum atomic E-state index is 10.2. The first-order valence-electron chi connectivity index (χ1n) is 7.63. The Hall–Kier alpha value is -1.63. The Labute approximate surface area is 125 Å². The van der Waals surface area contributed by atoms with E-state index in [1.54, 1.807) is 7.05 Å². The van der Waals surface area contributed by atoms with Gasteiger partial charge in [0.2, 0.25) is 11.9 Å². The van der Waals surface area contributed by atoms with Gasteiger partial charge in [-0.1, -0.05) is 19.3 Å². The van der Waals surface area contributed by atoms with Crippen LogP contribution in [0.25, 0.3) is 0 Å². The van der Waals surface area contributed by atoms with Crippen LogP contribution in [-0.4, -0.2) is 45.4 Å². The molecular weight excluding hydrogens is 270 g/mol. The van der Waals surface area contributed by atoms with Crippen molar-refractivity contribution in [3.05, 3.63) is 0 Å². The number of ether oxygens (including phenoxy) is 1. The highest BCUT2D eigenvalue weighted by Crippen LogP contribution is 2.21. The standard InChI is InChI=1S/C14H25N5O2/c1-9(2)21-14-18-12(15-3)17-13(19-14)16-10-7-5-4-6-8-11(10)20/h9-11,20H,4-8H2,1-3H3,(H2,15,16,17,18,19). The second-order valence-corrected chi connectivity index (χ2v) is 5.64. The Kier molecular flexibility index (Phi) is 5.55. The highest BCUT2D eigenvalue weighted by atomic mass is 16.5. The van der Waals surface area contributed by atoms with Crippen molar-refractivity contribution in [2.45, 2.75) is 64.2 Å². The number of nitrogens with zero attached hydrogens (tertiary/aromatic N) is 3. The monoisotopic (exact) mass is 295 g/mol. The van der Waals surface area contributed by atoms with Gasteiger partial charge in [-0.2, -0.15) is 15.0 Å². The number of aliphatic hydroxyl groups is 1. The number of nitrogens with one attached hydrogen (secondary N) is 2. The zero-order valence-electron chi connectivity index (χ0n) is 13.0. The fourth-order valence-electron chi connectivity index (χ4n) is 2.42. The lowest BCUT2D eigenvalue weighted by atomic mass is 10.1. The molecule has 2 atom stereocenters. The predicted octanol–water partition coefficient (Wildman–Crippen LogP) is 1.81. The number of rotatable bonds is 5. The summed E-state index contributed by atoms with van der Waals surface area (Å²) in [7, 11) is 1.75. The minimum absolute atomic E-state index is 0.00609. The summed E-state index contributed by atoms with van der Waals surface area (Å²) >= 11 is 0. The van der Waals surface area contributed by atoms with E-state index < -0.39 is 0 Å². The van der Waals surface area contributed by atoms with E-state index in [9.17, 15) is 5.11 Å². The van der Waals surface area contributed by atoms with Gasteiger partial charge in [-0.25, -0.2) is 0 Å². The molecule has 1 aliphatic rings. The molecule has 1 aromatic rings. The zero-order valence-corrected chi connectivity index (χ0v) is 13.0. The summed E-state index contributed by atoms with van der Waals surface area (Å²) in [5.41, 5.74) is 0. The van der Waals surface area contributed by atoms with Crippen molar-refractivity contribution in [2.75, 3.05) is 17.7 Å². The van der Waals surface area contributed by atoms with E-state index in [4.69, 9.17) is 4.74 Å². The molecule has 1 aromatic heterocycles. The van der Waals surface area contributed by atoms with Crippen LogP contribution in [0.5, 0.6) is 6.01 Å². The molecule has 0 aliphatic heterocycles. The third-order valence-corrected chi connectivity index (χ3v) is 3.47. The largest absolute Gasteiger partial charge is 0.461 e. The Balaban J connectivity index is 2.13. The Morgan fingerprint density at radius 3 is 2.52 bits per heavy atom. The van der Waals surface area contributed by atoms with Crippen molar-refractivity contribution < 1.29 is 9.84 Å². The maximum Gasteiger partial charge on any atom is 0.323 e. The third kappa shape index (κ3) is 4.70. The summed E-state index contributed by atoms with van der Waals surface area (Å²) in [5, 5.41) is 16.3. The van der Waals surface area contributed by atoms with E-state index in [0.717, 1.165) is 32.1 Å². The van der Waals surface area contributed by atoms with Crippen LogP contribution in [0.2, 0.25) is 0 Å². The summed E-state index contributed by atoms with van der Waals surface area (Å²) < 4.78 is 5.53. The molecule has 2 rings (SSSR count). The first kappa shape index (κ1) is 15.8. The molecule has 1 aliphatic carbocycles. The second-order valence-electron chi connectivity index (χ2n) is 5.64. The van der Waals surface area contributed by atoms with Gasteiger partial charge in [0.15, 0.2) is 0 Å². The molecule has 1 saturated carbocycles. The number of hydrogen-bond donors (Lipinski definition) is 3. The Morgan fingerprint density at radius 1 is 1.10 bits per heavy atom. The molecule has 0 radical (unpaired) electrons.